The van der Waals surface area contributed by atoms with Crippen LogP contribution in [-0.4, -0.2) is 59.8 Å². The summed E-state index contributed by atoms with van der Waals surface area (Å²) in [6, 6.07) is 0. The molecule has 0 saturated heterocycles. The Hall–Kier alpha value is 1.45. The Morgan fingerprint density at radius 1 is 0.750 bits per heavy atom. The molecule has 0 unspecified atom stereocenters. The van der Waals surface area contributed by atoms with Crippen LogP contribution in [0, 0.1) is 0 Å². The van der Waals surface area contributed by atoms with Crippen molar-refractivity contribution in [3.05, 3.63) is 0 Å². The van der Waals surface area contributed by atoms with Gasteiger partial charge in [-0.05, 0) is 0 Å². The third kappa shape index (κ3) is 9.85. The maximum atomic E-state index is 0. The van der Waals surface area contributed by atoms with Gasteiger partial charge in [0.05, 0.1) is 0 Å². The summed E-state index contributed by atoms with van der Waals surface area (Å²) < 4.78 is 0. The molecule has 7 N–H and O–H groups in total. The molecular formula is H9BaNO2. The summed E-state index contributed by atoms with van der Waals surface area (Å²) in [6.45, 7) is 0. The van der Waals surface area contributed by atoms with E-state index in [0.29, 0.717) is 0 Å². The molecule has 0 rings (SSSR count). The van der Waals surface area contributed by atoms with Gasteiger partial charge < -0.3 is 17.1 Å². The van der Waals surface area contributed by atoms with Crippen molar-refractivity contribution >= 4 is 48.9 Å². The Labute approximate surface area is 65.0 Å². The van der Waals surface area contributed by atoms with Crippen LogP contribution in [0.1, 0.15) is 0 Å². The first-order valence-corrected chi connectivity index (χ1v) is 0. The van der Waals surface area contributed by atoms with E-state index in [1.54, 1.807) is 0 Å². The van der Waals surface area contributed by atoms with Crippen molar-refractivity contribution < 1.29 is 11.0 Å². The van der Waals surface area contributed by atoms with Gasteiger partial charge in [-0.3, -0.25) is 0 Å². The average Bonchev–Trinajstić information content (AvgIpc) is 0. The standard InChI is InChI=1S/Ba.H3N.2H2O.2H/h;1H3;2*1H2;;. The van der Waals surface area contributed by atoms with Gasteiger partial charge in [-0.1, -0.05) is 0 Å². The van der Waals surface area contributed by atoms with Gasteiger partial charge in [0.2, 0.25) is 0 Å². The summed E-state index contributed by atoms with van der Waals surface area (Å²) in [4.78, 5) is 0. The Morgan fingerprint density at radius 2 is 0.750 bits per heavy atom. The average molecular weight is 192 g/mol. The van der Waals surface area contributed by atoms with Gasteiger partial charge in [-0.2, -0.15) is 0 Å². The molecule has 0 aliphatic heterocycles. The van der Waals surface area contributed by atoms with E-state index in [4.69, 9.17) is 0 Å². The van der Waals surface area contributed by atoms with E-state index in [1.807, 2.05) is 0 Å². The van der Waals surface area contributed by atoms with Crippen LogP contribution in [0.2, 0.25) is 0 Å². The molecular weight excluding hydrogens is 183 g/mol. The van der Waals surface area contributed by atoms with E-state index in [2.05, 4.69) is 0 Å². The van der Waals surface area contributed by atoms with Crippen molar-refractivity contribution in [3.8, 4) is 0 Å². The van der Waals surface area contributed by atoms with Crippen LogP contribution < -0.4 is 6.15 Å². The van der Waals surface area contributed by atoms with E-state index in [9.17, 15) is 0 Å². The molecule has 28 valence electrons. The van der Waals surface area contributed by atoms with Crippen molar-refractivity contribution in [2.45, 2.75) is 0 Å². The fourth-order valence-electron chi connectivity index (χ4n) is 0. The second-order valence-electron chi connectivity index (χ2n) is 0. The molecule has 0 atom stereocenters. The van der Waals surface area contributed by atoms with Gasteiger partial charge in [-0.25, -0.2) is 0 Å². The van der Waals surface area contributed by atoms with Crippen LogP contribution in [0.3, 0.4) is 0 Å². The predicted octanol–water partition coefficient (Wildman–Crippen LogP) is -2.40. The molecule has 0 aromatic heterocycles. The summed E-state index contributed by atoms with van der Waals surface area (Å²) in [5.74, 6) is 0. The first-order chi connectivity index (χ1) is 0. The van der Waals surface area contributed by atoms with E-state index in [0.717, 1.165) is 0 Å². The molecule has 3 nitrogen and oxygen atoms in total. The molecule has 0 aromatic rings. The van der Waals surface area contributed by atoms with Gasteiger partial charge in [-0.15, -0.1) is 0 Å². The number of rotatable bonds is 0. The topological polar surface area (TPSA) is 98.0 Å². The van der Waals surface area contributed by atoms with Gasteiger partial charge in [0.1, 0.15) is 0 Å². The van der Waals surface area contributed by atoms with E-state index < -0.39 is 0 Å². The van der Waals surface area contributed by atoms with Gasteiger partial charge in [0.15, 0.2) is 0 Å². The van der Waals surface area contributed by atoms with Crippen LogP contribution >= 0.6 is 0 Å². The Kier molecular flexibility index (Phi) is 323. The molecule has 0 bridgehead atoms. The SMILES string of the molecule is N.O.O.[BaH2]. The van der Waals surface area contributed by atoms with Crippen molar-refractivity contribution in [2.75, 3.05) is 0 Å². The first-order valence-electron chi connectivity index (χ1n) is 0. The fraction of sp³-hybridized carbons (Fsp3) is 0. The second-order valence-corrected chi connectivity index (χ2v) is 0. The summed E-state index contributed by atoms with van der Waals surface area (Å²) in [7, 11) is 0. The number of hydrogen-bond acceptors (Lipinski definition) is 1. The molecule has 0 aromatic carbocycles. The summed E-state index contributed by atoms with van der Waals surface area (Å²) >= 11 is 0. The van der Waals surface area contributed by atoms with Crippen LogP contribution in [0.25, 0.3) is 0 Å². The zero-order valence-corrected chi connectivity index (χ0v) is 1.71. The Bertz CT molecular complexity index is 6.00. The van der Waals surface area contributed by atoms with E-state index in [-0.39, 0.29) is 66.0 Å². The molecule has 0 fully saturated rings. The Balaban J connectivity index is 0. The maximum absolute atomic E-state index is 0. The molecule has 4 heavy (non-hydrogen) atoms. The third-order valence-corrected chi connectivity index (χ3v) is 0. The minimum atomic E-state index is 0. The van der Waals surface area contributed by atoms with Crippen LogP contribution in [0.5, 0.6) is 0 Å². The van der Waals surface area contributed by atoms with Gasteiger partial charge >= 0.3 is 48.9 Å². The van der Waals surface area contributed by atoms with Crippen molar-refractivity contribution in [2.24, 2.45) is 0 Å². The third-order valence-electron chi connectivity index (χ3n) is 0. The van der Waals surface area contributed by atoms with Gasteiger partial charge in [0, 0.05) is 0 Å². The van der Waals surface area contributed by atoms with Gasteiger partial charge in [0.25, 0.3) is 0 Å². The van der Waals surface area contributed by atoms with Crippen LogP contribution in [0.15, 0.2) is 0 Å². The zero-order chi connectivity index (χ0) is 0. The second kappa shape index (κ2) is 25.2. The van der Waals surface area contributed by atoms with E-state index >= 15 is 0 Å². The predicted molar refractivity (Wildman–Crippen MR) is 20.8 cm³/mol. The Morgan fingerprint density at radius 3 is 0.750 bits per heavy atom. The molecule has 0 spiro atoms. The summed E-state index contributed by atoms with van der Waals surface area (Å²) in [5, 5.41) is 0. The summed E-state index contributed by atoms with van der Waals surface area (Å²) in [6.07, 6.45) is 0. The van der Waals surface area contributed by atoms with Crippen LogP contribution in [0.4, 0.5) is 0 Å². The van der Waals surface area contributed by atoms with Crippen molar-refractivity contribution in [1.82, 2.24) is 6.15 Å². The van der Waals surface area contributed by atoms with Crippen molar-refractivity contribution in [1.29, 1.82) is 0 Å². The summed E-state index contributed by atoms with van der Waals surface area (Å²) in [5.41, 5.74) is 0. The minimum absolute atomic E-state index is 0. The van der Waals surface area contributed by atoms with Crippen molar-refractivity contribution in [3.63, 3.8) is 0 Å². The molecule has 0 heterocycles. The molecule has 0 saturated carbocycles. The fourth-order valence-corrected chi connectivity index (χ4v) is 0. The molecule has 0 aliphatic rings. The quantitative estimate of drug-likeness (QED) is 0.425. The zero-order valence-electron chi connectivity index (χ0n) is 1.71. The normalized spacial score (nSPS) is 0. The molecule has 0 radical (unpaired) electrons. The molecule has 0 amide bonds. The molecule has 4 heteroatoms. The monoisotopic (exact) mass is 193 g/mol. The number of hydrogen-bond donors (Lipinski definition) is 1. The first kappa shape index (κ1) is 51.3. The molecule has 0 aliphatic carbocycles. The van der Waals surface area contributed by atoms with Crippen LogP contribution in [-0.2, 0) is 0 Å². The van der Waals surface area contributed by atoms with E-state index in [1.165, 1.54) is 0 Å².